The van der Waals surface area contributed by atoms with Crippen LogP contribution in [0.15, 0.2) is 0 Å². The van der Waals surface area contributed by atoms with E-state index >= 15 is 0 Å². The zero-order valence-electron chi connectivity index (χ0n) is 11.2. The molecule has 4 nitrogen and oxygen atoms in total. The summed E-state index contributed by atoms with van der Waals surface area (Å²) in [5.74, 6) is -1.83. The number of Topliss-reactive ketones (excluding diaryl/α,β-unsaturated/α-hetero) is 1. The summed E-state index contributed by atoms with van der Waals surface area (Å²) in [6.45, 7) is 3.96. The van der Waals surface area contributed by atoms with E-state index < -0.39 is 12.0 Å². The molecule has 0 aliphatic carbocycles. The third kappa shape index (κ3) is 3.79. The Labute approximate surface area is 109 Å². The molecule has 1 rings (SSSR count). The number of ether oxygens (including phenoxy) is 1. The van der Waals surface area contributed by atoms with Crippen LogP contribution in [0.3, 0.4) is 0 Å². The molecule has 7 heteroatoms. The maximum absolute atomic E-state index is 12.5. The highest BCUT2D eigenvalue weighted by Gasteiger charge is 2.42. The lowest BCUT2D eigenvalue weighted by Crippen LogP contribution is -2.24. The summed E-state index contributed by atoms with van der Waals surface area (Å²) in [7, 11) is 1.59. The van der Waals surface area contributed by atoms with Crippen LogP contribution in [0.25, 0.3) is 0 Å². The van der Waals surface area contributed by atoms with E-state index in [9.17, 15) is 18.0 Å². The van der Waals surface area contributed by atoms with E-state index in [0.29, 0.717) is 13.2 Å². The minimum Gasteiger partial charge on any atom is -0.385 e. The van der Waals surface area contributed by atoms with Crippen molar-refractivity contribution in [1.82, 2.24) is 9.78 Å². The van der Waals surface area contributed by atoms with Gasteiger partial charge in [-0.25, -0.2) is 0 Å². The number of nitrogens with zero attached hydrogens (tertiary/aromatic N) is 2. The molecule has 0 aliphatic rings. The summed E-state index contributed by atoms with van der Waals surface area (Å²) in [5.41, 5.74) is 0.0445. The zero-order chi connectivity index (χ0) is 14.6. The summed E-state index contributed by atoms with van der Waals surface area (Å²) >= 11 is 0. The van der Waals surface area contributed by atoms with E-state index in [-0.39, 0.29) is 17.0 Å². The van der Waals surface area contributed by atoms with Crippen LogP contribution in [-0.2, 0) is 11.3 Å². The van der Waals surface area contributed by atoms with Crippen LogP contribution in [0.5, 0.6) is 0 Å². The molecule has 0 saturated heterocycles. The number of halogens is 3. The van der Waals surface area contributed by atoms with Gasteiger partial charge in [-0.15, -0.1) is 0 Å². The number of ketones is 1. The summed E-state index contributed by atoms with van der Waals surface area (Å²) in [5, 5.41) is 4.00. The fraction of sp³-hybridized carbons (Fsp3) is 0.667. The second-order valence-corrected chi connectivity index (χ2v) is 4.30. The number of aromatic nitrogens is 2. The molecule has 0 spiro atoms. The number of carbonyl (C=O) groups is 1. The first-order valence-corrected chi connectivity index (χ1v) is 5.93. The molecule has 19 heavy (non-hydrogen) atoms. The van der Waals surface area contributed by atoms with Gasteiger partial charge in [0.25, 0.3) is 5.78 Å². The number of carbonyl (C=O) groups excluding carboxylic acids is 1. The first kappa shape index (κ1) is 15.7. The minimum atomic E-state index is -4.86. The molecule has 0 atom stereocenters. The standard InChI is InChI=1S/C12H17F3N2O2/c1-8-10(11(18)12(13,14)15)9(2)17(16-8)6-4-5-7-19-3/h4-7H2,1-3H3. The van der Waals surface area contributed by atoms with Crippen molar-refractivity contribution in [2.75, 3.05) is 13.7 Å². The van der Waals surface area contributed by atoms with Crippen LogP contribution in [0, 0.1) is 13.8 Å². The van der Waals surface area contributed by atoms with Crippen molar-refractivity contribution in [1.29, 1.82) is 0 Å². The number of rotatable bonds is 6. The predicted octanol–water partition coefficient (Wildman–Crippen LogP) is 2.67. The van der Waals surface area contributed by atoms with Gasteiger partial charge in [-0.05, 0) is 26.7 Å². The van der Waals surface area contributed by atoms with E-state index in [1.807, 2.05) is 0 Å². The average molecular weight is 278 g/mol. The van der Waals surface area contributed by atoms with Gasteiger partial charge in [0.1, 0.15) is 0 Å². The number of unbranched alkanes of at least 4 members (excludes halogenated alkanes) is 1. The van der Waals surface area contributed by atoms with Gasteiger partial charge in [0.05, 0.1) is 11.3 Å². The van der Waals surface area contributed by atoms with E-state index in [0.717, 1.165) is 12.8 Å². The van der Waals surface area contributed by atoms with Gasteiger partial charge in [-0.1, -0.05) is 0 Å². The van der Waals surface area contributed by atoms with Gasteiger partial charge in [-0.3, -0.25) is 9.48 Å². The molecule has 1 aromatic rings. The summed E-state index contributed by atoms with van der Waals surface area (Å²) in [6.07, 6.45) is -3.34. The van der Waals surface area contributed by atoms with Crippen LogP contribution in [0.1, 0.15) is 34.6 Å². The number of methoxy groups -OCH3 is 1. The summed E-state index contributed by atoms with van der Waals surface area (Å²) in [6, 6.07) is 0. The van der Waals surface area contributed by atoms with Crippen LogP contribution in [-0.4, -0.2) is 35.5 Å². The van der Waals surface area contributed by atoms with Crippen LogP contribution < -0.4 is 0 Å². The minimum absolute atomic E-state index is 0.117. The fourth-order valence-electron chi connectivity index (χ4n) is 1.89. The molecular weight excluding hydrogens is 261 g/mol. The molecule has 0 aliphatic heterocycles. The molecule has 0 unspecified atom stereocenters. The van der Waals surface area contributed by atoms with Gasteiger partial charge in [0.2, 0.25) is 0 Å². The highest BCUT2D eigenvalue weighted by molar-refractivity contribution is 6.02. The predicted molar refractivity (Wildman–Crippen MR) is 63.2 cm³/mol. The Kier molecular flexibility index (Phi) is 5.11. The lowest BCUT2D eigenvalue weighted by Gasteiger charge is -2.06. The Morgan fingerprint density at radius 2 is 1.95 bits per heavy atom. The molecule has 1 aromatic heterocycles. The summed E-state index contributed by atoms with van der Waals surface area (Å²) in [4.78, 5) is 11.3. The molecule has 0 fully saturated rings. The topological polar surface area (TPSA) is 44.1 Å². The maximum Gasteiger partial charge on any atom is 0.455 e. The van der Waals surface area contributed by atoms with Crippen LogP contribution >= 0.6 is 0 Å². The normalized spacial score (nSPS) is 11.9. The second-order valence-electron chi connectivity index (χ2n) is 4.30. The van der Waals surface area contributed by atoms with Crippen molar-refractivity contribution in [2.24, 2.45) is 0 Å². The van der Waals surface area contributed by atoms with Crippen LogP contribution in [0.2, 0.25) is 0 Å². The second kappa shape index (κ2) is 6.18. The highest BCUT2D eigenvalue weighted by atomic mass is 19.4. The van der Waals surface area contributed by atoms with E-state index in [2.05, 4.69) is 5.10 Å². The average Bonchev–Trinajstić information content (AvgIpc) is 2.58. The van der Waals surface area contributed by atoms with Gasteiger partial charge in [-0.2, -0.15) is 18.3 Å². The van der Waals surface area contributed by atoms with Crippen molar-refractivity contribution in [3.05, 3.63) is 17.0 Å². The molecule has 0 aromatic carbocycles. The van der Waals surface area contributed by atoms with E-state index in [1.165, 1.54) is 18.5 Å². The highest BCUT2D eigenvalue weighted by Crippen LogP contribution is 2.25. The molecular formula is C12H17F3N2O2. The third-order valence-electron chi connectivity index (χ3n) is 2.83. The lowest BCUT2D eigenvalue weighted by atomic mass is 10.1. The first-order chi connectivity index (χ1) is 8.79. The Bertz CT molecular complexity index is 453. The van der Waals surface area contributed by atoms with Crippen molar-refractivity contribution < 1.29 is 22.7 Å². The fourth-order valence-corrected chi connectivity index (χ4v) is 1.89. The Hall–Kier alpha value is -1.37. The van der Waals surface area contributed by atoms with Crippen LogP contribution in [0.4, 0.5) is 13.2 Å². The van der Waals surface area contributed by atoms with Crippen molar-refractivity contribution in [2.45, 2.75) is 39.4 Å². The smallest absolute Gasteiger partial charge is 0.385 e. The number of hydrogen-bond donors (Lipinski definition) is 0. The molecule has 0 radical (unpaired) electrons. The molecule has 0 N–H and O–H groups in total. The number of alkyl halides is 3. The first-order valence-electron chi connectivity index (χ1n) is 5.93. The third-order valence-corrected chi connectivity index (χ3v) is 2.83. The number of hydrogen-bond acceptors (Lipinski definition) is 3. The molecule has 0 saturated carbocycles. The van der Waals surface area contributed by atoms with Crippen molar-refractivity contribution in [3.63, 3.8) is 0 Å². The van der Waals surface area contributed by atoms with E-state index in [1.54, 1.807) is 7.11 Å². The Balaban J connectivity index is 2.86. The van der Waals surface area contributed by atoms with Gasteiger partial charge in [0.15, 0.2) is 0 Å². The molecule has 0 bridgehead atoms. The molecule has 1 heterocycles. The zero-order valence-corrected chi connectivity index (χ0v) is 11.2. The van der Waals surface area contributed by atoms with Gasteiger partial charge in [0, 0.05) is 26.0 Å². The molecule has 108 valence electrons. The van der Waals surface area contributed by atoms with Crippen molar-refractivity contribution >= 4 is 5.78 Å². The Morgan fingerprint density at radius 1 is 1.32 bits per heavy atom. The van der Waals surface area contributed by atoms with E-state index in [4.69, 9.17) is 4.74 Å². The maximum atomic E-state index is 12.5. The molecule has 0 amide bonds. The van der Waals surface area contributed by atoms with Crippen molar-refractivity contribution in [3.8, 4) is 0 Å². The monoisotopic (exact) mass is 278 g/mol. The Morgan fingerprint density at radius 3 is 2.47 bits per heavy atom. The lowest BCUT2D eigenvalue weighted by molar-refractivity contribution is -0.0886. The SMILES string of the molecule is COCCCCn1nc(C)c(C(=O)C(F)(F)F)c1C. The van der Waals surface area contributed by atoms with Gasteiger partial charge < -0.3 is 4.74 Å². The number of aryl methyl sites for hydroxylation is 2. The largest absolute Gasteiger partial charge is 0.455 e. The quantitative estimate of drug-likeness (QED) is 0.593. The van der Waals surface area contributed by atoms with Gasteiger partial charge >= 0.3 is 6.18 Å². The summed E-state index contributed by atoms with van der Waals surface area (Å²) < 4.78 is 43.7.